The zero-order valence-corrected chi connectivity index (χ0v) is 20.8. The van der Waals surface area contributed by atoms with Crippen molar-refractivity contribution >= 4 is 17.5 Å². The third kappa shape index (κ3) is 9.22. The standard InChI is InChI=1S/C27H42N2OS/c1-4-5-6-7-8-9-10-11-12-13-14-15-16-25(27-28-21-22-29(27)2)26(30)23-17-19-24(31-3)20-18-23/h17-22,25H,4-16H2,1-3H3. The maximum absolute atomic E-state index is 13.3. The summed E-state index contributed by atoms with van der Waals surface area (Å²) in [6.07, 6.45) is 22.7. The van der Waals surface area contributed by atoms with Crippen molar-refractivity contribution in [3.8, 4) is 0 Å². The van der Waals surface area contributed by atoms with E-state index in [4.69, 9.17) is 0 Å². The highest BCUT2D eigenvalue weighted by Crippen LogP contribution is 2.27. The Kier molecular flexibility index (Phi) is 12.7. The van der Waals surface area contributed by atoms with Crippen LogP contribution < -0.4 is 0 Å². The first-order valence-electron chi connectivity index (χ1n) is 12.3. The first-order chi connectivity index (χ1) is 15.2. The molecule has 1 atom stereocenters. The molecule has 3 nitrogen and oxygen atoms in total. The normalized spacial score (nSPS) is 12.2. The number of rotatable bonds is 17. The van der Waals surface area contributed by atoms with Crippen molar-refractivity contribution in [2.45, 2.75) is 101 Å². The van der Waals surface area contributed by atoms with Crippen LogP contribution in [0.1, 0.15) is 112 Å². The summed E-state index contributed by atoms with van der Waals surface area (Å²) in [7, 11) is 1.99. The second-order valence-electron chi connectivity index (χ2n) is 8.72. The summed E-state index contributed by atoms with van der Waals surface area (Å²) >= 11 is 1.70. The van der Waals surface area contributed by atoms with Gasteiger partial charge in [0, 0.05) is 29.9 Å². The SMILES string of the molecule is CCCCCCCCCCCCCCC(C(=O)c1ccc(SC)cc1)c1nccn1C. The third-order valence-corrected chi connectivity index (χ3v) is 6.95. The molecular weight excluding hydrogens is 400 g/mol. The van der Waals surface area contributed by atoms with Crippen LogP contribution in [0.5, 0.6) is 0 Å². The predicted octanol–water partition coefficient (Wildman–Crippen LogP) is 8.20. The van der Waals surface area contributed by atoms with Crippen molar-refractivity contribution in [1.82, 2.24) is 9.55 Å². The van der Waals surface area contributed by atoms with Crippen LogP contribution in [0.4, 0.5) is 0 Å². The molecule has 0 radical (unpaired) electrons. The van der Waals surface area contributed by atoms with Gasteiger partial charge in [-0.1, -0.05) is 96.1 Å². The van der Waals surface area contributed by atoms with E-state index in [0.29, 0.717) is 0 Å². The quantitative estimate of drug-likeness (QED) is 0.141. The molecular formula is C27H42N2OS. The summed E-state index contributed by atoms with van der Waals surface area (Å²) in [5.41, 5.74) is 0.796. The molecule has 1 unspecified atom stereocenters. The lowest BCUT2D eigenvalue weighted by molar-refractivity contribution is 0.0948. The Balaban J connectivity index is 1.73. The first-order valence-corrected chi connectivity index (χ1v) is 13.5. The van der Waals surface area contributed by atoms with Gasteiger partial charge in [0.05, 0.1) is 5.92 Å². The molecule has 0 spiro atoms. The predicted molar refractivity (Wildman–Crippen MR) is 134 cm³/mol. The van der Waals surface area contributed by atoms with Crippen LogP contribution in [0.25, 0.3) is 0 Å². The van der Waals surface area contributed by atoms with Crippen molar-refractivity contribution in [2.75, 3.05) is 6.26 Å². The Hall–Kier alpha value is -1.55. The van der Waals surface area contributed by atoms with E-state index in [1.165, 1.54) is 75.5 Å². The monoisotopic (exact) mass is 442 g/mol. The molecule has 2 rings (SSSR count). The molecule has 0 aliphatic carbocycles. The molecule has 1 aromatic heterocycles. The van der Waals surface area contributed by atoms with Gasteiger partial charge >= 0.3 is 0 Å². The molecule has 4 heteroatoms. The Labute approximate surface area is 194 Å². The number of thioether (sulfide) groups is 1. The highest BCUT2D eigenvalue weighted by Gasteiger charge is 2.25. The number of imidazole rings is 1. The third-order valence-electron chi connectivity index (χ3n) is 6.21. The van der Waals surface area contributed by atoms with Crippen molar-refractivity contribution in [2.24, 2.45) is 7.05 Å². The maximum atomic E-state index is 13.3. The number of carbonyl (C=O) groups excluding carboxylic acids is 1. The highest BCUT2D eigenvalue weighted by atomic mass is 32.2. The molecule has 172 valence electrons. The van der Waals surface area contributed by atoms with E-state index in [1.54, 1.807) is 18.0 Å². The fraction of sp³-hybridized carbons (Fsp3) is 0.630. The van der Waals surface area contributed by atoms with Gasteiger partial charge in [0.25, 0.3) is 0 Å². The van der Waals surface area contributed by atoms with E-state index >= 15 is 0 Å². The van der Waals surface area contributed by atoms with E-state index < -0.39 is 0 Å². The molecule has 2 aromatic rings. The average Bonchev–Trinajstić information content (AvgIpc) is 3.22. The largest absolute Gasteiger partial charge is 0.337 e. The second-order valence-corrected chi connectivity index (χ2v) is 9.60. The van der Waals surface area contributed by atoms with E-state index in [1.807, 2.05) is 42.1 Å². The Morgan fingerprint density at radius 1 is 0.903 bits per heavy atom. The highest BCUT2D eigenvalue weighted by molar-refractivity contribution is 7.98. The number of aromatic nitrogens is 2. The zero-order chi connectivity index (χ0) is 22.3. The molecule has 0 saturated carbocycles. The average molecular weight is 443 g/mol. The lowest BCUT2D eigenvalue weighted by atomic mass is 9.91. The maximum Gasteiger partial charge on any atom is 0.173 e. The summed E-state index contributed by atoms with van der Waals surface area (Å²) in [6.45, 7) is 2.28. The number of Topliss-reactive ketones (excluding diaryl/α,β-unsaturated/α-hetero) is 1. The van der Waals surface area contributed by atoms with Crippen LogP contribution in [0.3, 0.4) is 0 Å². The number of ketones is 1. The minimum absolute atomic E-state index is 0.150. The van der Waals surface area contributed by atoms with Crippen molar-refractivity contribution < 1.29 is 4.79 Å². The Morgan fingerprint density at radius 3 is 1.94 bits per heavy atom. The Morgan fingerprint density at radius 2 is 1.45 bits per heavy atom. The van der Waals surface area contributed by atoms with Crippen LogP contribution in [-0.2, 0) is 7.05 Å². The number of aryl methyl sites for hydroxylation is 1. The van der Waals surface area contributed by atoms with Crippen LogP contribution in [0.15, 0.2) is 41.6 Å². The minimum atomic E-state index is -0.150. The van der Waals surface area contributed by atoms with E-state index in [0.717, 1.165) is 24.2 Å². The molecule has 0 amide bonds. The van der Waals surface area contributed by atoms with Gasteiger partial charge in [0.15, 0.2) is 5.78 Å². The lowest BCUT2D eigenvalue weighted by Gasteiger charge is -2.16. The molecule has 0 aliphatic rings. The molecule has 1 aromatic carbocycles. The van der Waals surface area contributed by atoms with Crippen LogP contribution in [0.2, 0.25) is 0 Å². The van der Waals surface area contributed by atoms with E-state index in [9.17, 15) is 4.79 Å². The number of unbranched alkanes of at least 4 members (excludes halogenated alkanes) is 11. The van der Waals surface area contributed by atoms with Gasteiger partial charge in [-0.05, 0) is 24.8 Å². The number of carbonyl (C=O) groups is 1. The number of benzene rings is 1. The number of hydrogen-bond acceptors (Lipinski definition) is 3. The summed E-state index contributed by atoms with van der Waals surface area (Å²) in [5.74, 6) is 0.940. The van der Waals surface area contributed by atoms with Gasteiger partial charge in [0.1, 0.15) is 5.82 Å². The van der Waals surface area contributed by atoms with Crippen molar-refractivity contribution in [3.05, 3.63) is 48.0 Å². The Bertz CT molecular complexity index is 738. The van der Waals surface area contributed by atoms with Gasteiger partial charge in [-0.25, -0.2) is 4.98 Å². The van der Waals surface area contributed by atoms with Gasteiger partial charge in [-0.15, -0.1) is 11.8 Å². The molecule has 0 N–H and O–H groups in total. The lowest BCUT2D eigenvalue weighted by Crippen LogP contribution is -2.17. The second kappa shape index (κ2) is 15.3. The summed E-state index contributed by atoms with van der Waals surface area (Å²) in [4.78, 5) is 19.0. The zero-order valence-electron chi connectivity index (χ0n) is 19.9. The molecule has 31 heavy (non-hydrogen) atoms. The number of hydrogen-bond donors (Lipinski definition) is 0. The smallest absolute Gasteiger partial charge is 0.173 e. The first kappa shape index (κ1) is 25.7. The van der Waals surface area contributed by atoms with Gasteiger partial charge in [-0.2, -0.15) is 0 Å². The van der Waals surface area contributed by atoms with Gasteiger partial charge in [0.2, 0.25) is 0 Å². The summed E-state index contributed by atoms with van der Waals surface area (Å²) < 4.78 is 2.00. The summed E-state index contributed by atoms with van der Waals surface area (Å²) in [5, 5.41) is 0. The molecule has 0 saturated heterocycles. The molecule has 0 bridgehead atoms. The van der Waals surface area contributed by atoms with Crippen molar-refractivity contribution in [3.63, 3.8) is 0 Å². The van der Waals surface area contributed by atoms with Gasteiger partial charge in [-0.3, -0.25) is 4.79 Å². The fourth-order valence-electron chi connectivity index (χ4n) is 4.24. The van der Waals surface area contributed by atoms with E-state index in [-0.39, 0.29) is 11.7 Å². The topological polar surface area (TPSA) is 34.9 Å². The molecule has 0 aliphatic heterocycles. The summed E-state index contributed by atoms with van der Waals surface area (Å²) in [6, 6.07) is 8.01. The van der Waals surface area contributed by atoms with Crippen molar-refractivity contribution in [1.29, 1.82) is 0 Å². The fourth-order valence-corrected chi connectivity index (χ4v) is 4.64. The van der Waals surface area contributed by atoms with Crippen LogP contribution >= 0.6 is 11.8 Å². The van der Waals surface area contributed by atoms with Crippen LogP contribution in [0, 0.1) is 0 Å². The molecule has 1 heterocycles. The van der Waals surface area contributed by atoms with E-state index in [2.05, 4.69) is 18.2 Å². The molecule has 0 fully saturated rings. The van der Waals surface area contributed by atoms with Gasteiger partial charge < -0.3 is 4.57 Å². The minimum Gasteiger partial charge on any atom is -0.337 e. The number of nitrogens with zero attached hydrogens (tertiary/aromatic N) is 2. The van der Waals surface area contributed by atoms with Crippen LogP contribution in [-0.4, -0.2) is 21.6 Å².